The first-order valence-electron chi connectivity index (χ1n) is 16.7. The molecule has 5 heteroatoms. The van der Waals surface area contributed by atoms with E-state index < -0.39 is 0 Å². The predicted molar refractivity (Wildman–Crippen MR) is 209 cm³/mol. The molecule has 3 aromatic heterocycles. The second-order valence-corrected chi connectivity index (χ2v) is 13.6. The molecule has 0 fully saturated rings. The van der Waals surface area contributed by atoms with Crippen molar-refractivity contribution < 1.29 is 0 Å². The molecule has 7 aromatic carbocycles. The monoisotopic (exact) mass is 656 g/mol. The number of fused-ring (bicyclic) bond motifs is 6. The molecule has 0 atom stereocenters. The normalized spacial score (nSPS) is 11.6. The second kappa shape index (κ2) is 11.6. The van der Waals surface area contributed by atoms with Crippen LogP contribution < -0.4 is 0 Å². The van der Waals surface area contributed by atoms with Crippen LogP contribution in [-0.4, -0.2) is 19.5 Å². The molecule has 0 unspecified atom stereocenters. The summed E-state index contributed by atoms with van der Waals surface area (Å²) in [5, 5.41) is 5.03. The van der Waals surface area contributed by atoms with Crippen molar-refractivity contribution in [3.63, 3.8) is 0 Å². The van der Waals surface area contributed by atoms with E-state index in [-0.39, 0.29) is 0 Å². The van der Waals surface area contributed by atoms with Crippen LogP contribution in [0.5, 0.6) is 0 Å². The highest BCUT2D eigenvalue weighted by atomic mass is 32.1. The van der Waals surface area contributed by atoms with Gasteiger partial charge in [-0.25, -0.2) is 15.0 Å². The van der Waals surface area contributed by atoms with Crippen LogP contribution in [0.4, 0.5) is 0 Å². The standard InChI is InChI=1S/C45H28N4S/c1-2-12-29(13-3-1)43-46-44(48-45(47-43)33-24-25-38-37-20-6-9-23-41(37)50-42(38)28-33)32-16-10-14-30(26-32)31-15-11-17-34(27-31)49-39-21-7-4-18-35(39)36-19-5-8-22-40(36)49/h1-28H. The maximum Gasteiger partial charge on any atom is 0.164 e. The van der Waals surface area contributed by atoms with E-state index in [1.54, 1.807) is 11.3 Å². The van der Waals surface area contributed by atoms with Gasteiger partial charge in [0.05, 0.1) is 11.0 Å². The van der Waals surface area contributed by atoms with Gasteiger partial charge in [0.15, 0.2) is 17.5 Å². The Morgan fingerprint density at radius 2 is 0.860 bits per heavy atom. The molecule has 0 N–H and O–H groups in total. The molecule has 0 radical (unpaired) electrons. The Kier molecular flexibility index (Phi) is 6.64. The first kappa shape index (κ1) is 28.6. The molecule has 0 saturated carbocycles. The fourth-order valence-electron chi connectivity index (χ4n) is 7.08. The van der Waals surface area contributed by atoms with Crippen LogP contribution in [0, 0.1) is 0 Å². The number of aromatic nitrogens is 4. The van der Waals surface area contributed by atoms with Gasteiger partial charge in [-0.3, -0.25) is 0 Å². The highest BCUT2D eigenvalue weighted by Crippen LogP contribution is 2.37. The third-order valence-electron chi connectivity index (χ3n) is 9.44. The number of thiophene rings is 1. The minimum absolute atomic E-state index is 0.644. The van der Waals surface area contributed by atoms with Crippen molar-refractivity contribution >= 4 is 53.3 Å². The molecule has 50 heavy (non-hydrogen) atoms. The average Bonchev–Trinajstić information content (AvgIpc) is 3.74. The van der Waals surface area contributed by atoms with E-state index in [9.17, 15) is 0 Å². The lowest BCUT2D eigenvalue weighted by atomic mass is 10.0. The molecule has 3 heterocycles. The van der Waals surface area contributed by atoms with Crippen molar-refractivity contribution in [3.8, 4) is 51.0 Å². The van der Waals surface area contributed by atoms with Crippen molar-refractivity contribution in [1.82, 2.24) is 19.5 Å². The fraction of sp³-hybridized carbons (Fsp3) is 0. The first-order valence-corrected chi connectivity index (χ1v) is 17.5. The van der Waals surface area contributed by atoms with Gasteiger partial charge in [-0.15, -0.1) is 11.3 Å². The zero-order chi connectivity index (χ0) is 33.0. The summed E-state index contributed by atoms with van der Waals surface area (Å²) in [7, 11) is 0. The van der Waals surface area contributed by atoms with Gasteiger partial charge >= 0.3 is 0 Å². The SMILES string of the molecule is c1ccc(-c2nc(-c3cccc(-c4cccc(-n5c6ccccc6c6ccccc65)c4)c3)nc(-c3ccc4c(c3)sc3ccccc34)n2)cc1. The van der Waals surface area contributed by atoms with Crippen molar-refractivity contribution in [2.45, 2.75) is 0 Å². The molecule has 0 saturated heterocycles. The zero-order valence-electron chi connectivity index (χ0n) is 26.9. The first-order chi connectivity index (χ1) is 24.8. The van der Waals surface area contributed by atoms with E-state index in [2.05, 4.69) is 156 Å². The van der Waals surface area contributed by atoms with Crippen molar-refractivity contribution in [2.75, 3.05) is 0 Å². The van der Waals surface area contributed by atoms with E-state index in [0.717, 1.165) is 33.5 Å². The van der Waals surface area contributed by atoms with Crippen LogP contribution in [0.25, 0.3) is 93.0 Å². The Bertz CT molecular complexity index is 2830. The summed E-state index contributed by atoms with van der Waals surface area (Å²) in [6.07, 6.45) is 0. The fourth-order valence-corrected chi connectivity index (χ4v) is 8.22. The lowest BCUT2D eigenvalue weighted by Crippen LogP contribution is -2.00. The third kappa shape index (κ3) is 4.79. The zero-order valence-corrected chi connectivity index (χ0v) is 27.7. The van der Waals surface area contributed by atoms with E-state index in [1.165, 1.54) is 42.0 Å². The molecule has 0 aliphatic heterocycles. The molecule has 0 bridgehead atoms. The van der Waals surface area contributed by atoms with Crippen LogP contribution in [0.3, 0.4) is 0 Å². The molecule has 10 rings (SSSR count). The lowest BCUT2D eigenvalue weighted by molar-refractivity contribution is 1.07. The van der Waals surface area contributed by atoms with Crippen molar-refractivity contribution in [2.24, 2.45) is 0 Å². The van der Waals surface area contributed by atoms with E-state index in [0.29, 0.717) is 17.5 Å². The lowest BCUT2D eigenvalue weighted by Gasteiger charge is -2.12. The molecular formula is C45H28N4S. The van der Waals surface area contributed by atoms with Crippen LogP contribution >= 0.6 is 11.3 Å². The second-order valence-electron chi connectivity index (χ2n) is 12.5. The smallest absolute Gasteiger partial charge is 0.164 e. The number of rotatable bonds is 5. The van der Waals surface area contributed by atoms with E-state index in [1.807, 2.05) is 18.2 Å². The Morgan fingerprint density at radius 1 is 0.340 bits per heavy atom. The third-order valence-corrected chi connectivity index (χ3v) is 10.6. The predicted octanol–water partition coefficient (Wildman–Crippen LogP) is 12.0. The van der Waals surface area contributed by atoms with Crippen LogP contribution in [0.15, 0.2) is 170 Å². The quantitative estimate of drug-likeness (QED) is 0.185. The van der Waals surface area contributed by atoms with Crippen LogP contribution in [-0.2, 0) is 0 Å². The maximum absolute atomic E-state index is 5.10. The highest BCUT2D eigenvalue weighted by Gasteiger charge is 2.16. The minimum atomic E-state index is 0.644. The van der Waals surface area contributed by atoms with Gasteiger partial charge in [-0.05, 0) is 53.6 Å². The van der Waals surface area contributed by atoms with Crippen molar-refractivity contribution in [3.05, 3.63) is 170 Å². The number of hydrogen-bond donors (Lipinski definition) is 0. The number of benzene rings is 7. The molecule has 10 aromatic rings. The summed E-state index contributed by atoms with van der Waals surface area (Å²) in [6, 6.07) is 59.8. The van der Waals surface area contributed by atoms with Crippen molar-refractivity contribution in [1.29, 1.82) is 0 Å². The maximum atomic E-state index is 5.10. The van der Waals surface area contributed by atoms with Crippen LogP contribution in [0.1, 0.15) is 0 Å². The largest absolute Gasteiger partial charge is 0.309 e. The summed E-state index contributed by atoms with van der Waals surface area (Å²) < 4.78 is 4.85. The van der Waals surface area contributed by atoms with Gasteiger partial charge in [0.2, 0.25) is 0 Å². The van der Waals surface area contributed by atoms with Gasteiger partial charge in [-0.2, -0.15) is 0 Å². The number of hydrogen-bond acceptors (Lipinski definition) is 4. The molecular weight excluding hydrogens is 629 g/mol. The highest BCUT2D eigenvalue weighted by molar-refractivity contribution is 7.25. The van der Waals surface area contributed by atoms with Gasteiger partial charge < -0.3 is 4.57 Å². The van der Waals surface area contributed by atoms with Gasteiger partial charge in [-0.1, -0.05) is 127 Å². The minimum Gasteiger partial charge on any atom is -0.309 e. The number of para-hydroxylation sites is 2. The summed E-state index contributed by atoms with van der Waals surface area (Å²) in [6.45, 7) is 0. The molecule has 0 aliphatic carbocycles. The van der Waals surface area contributed by atoms with Gasteiger partial charge in [0, 0.05) is 53.3 Å². The summed E-state index contributed by atoms with van der Waals surface area (Å²) in [4.78, 5) is 15.1. The van der Waals surface area contributed by atoms with E-state index in [4.69, 9.17) is 15.0 Å². The van der Waals surface area contributed by atoms with Gasteiger partial charge in [0.25, 0.3) is 0 Å². The average molecular weight is 657 g/mol. The Morgan fingerprint density at radius 3 is 1.60 bits per heavy atom. The molecule has 0 amide bonds. The summed E-state index contributed by atoms with van der Waals surface area (Å²) in [5.74, 6) is 1.96. The Balaban J connectivity index is 1.10. The molecule has 4 nitrogen and oxygen atoms in total. The Labute approximate surface area is 292 Å². The number of nitrogens with zero attached hydrogens (tertiary/aromatic N) is 4. The van der Waals surface area contributed by atoms with Gasteiger partial charge in [0.1, 0.15) is 0 Å². The molecule has 0 spiro atoms. The molecule has 234 valence electrons. The van der Waals surface area contributed by atoms with Crippen LogP contribution in [0.2, 0.25) is 0 Å². The molecule has 0 aliphatic rings. The summed E-state index contributed by atoms with van der Waals surface area (Å²) >= 11 is 1.80. The topological polar surface area (TPSA) is 43.6 Å². The Hall–Kier alpha value is -6.43. The summed E-state index contributed by atoms with van der Waals surface area (Å²) in [5.41, 5.74) is 8.60. The van der Waals surface area contributed by atoms with E-state index >= 15 is 0 Å².